The second-order valence-electron chi connectivity index (χ2n) is 5.36. The summed E-state index contributed by atoms with van der Waals surface area (Å²) in [5, 5.41) is 27.7. The number of aliphatic hydroxyl groups is 3. The molecule has 1 aliphatic rings. The maximum atomic E-state index is 9.57. The maximum absolute atomic E-state index is 9.57. The third kappa shape index (κ3) is 5.36. The molecular formula is C14H28O5. The lowest BCUT2D eigenvalue weighted by atomic mass is 9.66. The Morgan fingerprint density at radius 3 is 2.21 bits per heavy atom. The van der Waals surface area contributed by atoms with Crippen molar-refractivity contribution in [1.82, 2.24) is 0 Å². The van der Waals surface area contributed by atoms with Crippen molar-refractivity contribution in [3.8, 4) is 0 Å². The fourth-order valence-corrected chi connectivity index (χ4v) is 2.91. The molecule has 3 N–H and O–H groups in total. The van der Waals surface area contributed by atoms with Crippen LogP contribution < -0.4 is 0 Å². The molecule has 0 amide bonds. The summed E-state index contributed by atoms with van der Waals surface area (Å²) in [4.78, 5) is 0. The SMILES string of the molecule is OCCOCCOCCC1CCCCC1(CO)CO. The van der Waals surface area contributed by atoms with E-state index in [2.05, 4.69) is 0 Å². The van der Waals surface area contributed by atoms with Gasteiger partial charge in [-0.3, -0.25) is 0 Å². The van der Waals surface area contributed by atoms with E-state index in [9.17, 15) is 10.2 Å². The van der Waals surface area contributed by atoms with Crippen molar-refractivity contribution in [2.45, 2.75) is 32.1 Å². The van der Waals surface area contributed by atoms with Crippen molar-refractivity contribution in [3.63, 3.8) is 0 Å². The molecule has 0 bridgehead atoms. The van der Waals surface area contributed by atoms with Crippen molar-refractivity contribution >= 4 is 0 Å². The lowest BCUT2D eigenvalue weighted by Crippen LogP contribution is -2.41. The van der Waals surface area contributed by atoms with Crippen LogP contribution in [0.5, 0.6) is 0 Å². The van der Waals surface area contributed by atoms with Crippen LogP contribution in [-0.4, -0.2) is 61.6 Å². The smallest absolute Gasteiger partial charge is 0.0701 e. The molecule has 0 aromatic rings. The fourth-order valence-electron chi connectivity index (χ4n) is 2.91. The van der Waals surface area contributed by atoms with Gasteiger partial charge in [0.1, 0.15) is 0 Å². The Hall–Kier alpha value is -0.200. The largest absolute Gasteiger partial charge is 0.396 e. The van der Waals surface area contributed by atoms with Gasteiger partial charge in [0.25, 0.3) is 0 Å². The van der Waals surface area contributed by atoms with E-state index >= 15 is 0 Å². The Balaban J connectivity index is 2.19. The molecule has 0 spiro atoms. The molecule has 5 heteroatoms. The van der Waals surface area contributed by atoms with Gasteiger partial charge in [0.15, 0.2) is 0 Å². The third-order valence-electron chi connectivity index (χ3n) is 4.19. The molecule has 0 saturated heterocycles. The van der Waals surface area contributed by atoms with Crippen molar-refractivity contribution in [2.75, 3.05) is 46.2 Å². The van der Waals surface area contributed by atoms with Gasteiger partial charge in [0.2, 0.25) is 0 Å². The predicted molar refractivity (Wildman–Crippen MR) is 71.9 cm³/mol. The highest BCUT2D eigenvalue weighted by Crippen LogP contribution is 2.42. The zero-order valence-corrected chi connectivity index (χ0v) is 11.7. The third-order valence-corrected chi connectivity index (χ3v) is 4.19. The van der Waals surface area contributed by atoms with Crippen LogP contribution in [0.3, 0.4) is 0 Å². The molecule has 1 fully saturated rings. The van der Waals surface area contributed by atoms with Crippen LogP contribution in [0.25, 0.3) is 0 Å². The zero-order valence-electron chi connectivity index (χ0n) is 11.7. The summed E-state index contributed by atoms with van der Waals surface area (Å²) in [7, 11) is 0. The molecule has 0 aliphatic heterocycles. The molecule has 1 rings (SSSR count). The first kappa shape index (κ1) is 16.9. The molecular weight excluding hydrogens is 248 g/mol. The topological polar surface area (TPSA) is 79.2 Å². The number of ether oxygens (including phenoxy) is 2. The molecule has 1 saturated carbocycles. The van der Waals surface area contributed by atoms with Crippen molar-refractivity contribution in [1.29, 1.82) is 0 Å². The van der Waals surface area contributed by atoms with Crippen LogP contribution in [0, 0.1) is 11.3 Å². The monoisotopic (exact) mass is 276 g/mol. The standard InChI is InChI=1S/C14H28O5/c15-6-8-19-10-9-18-7-4-13-3-1-2-5-14(13,11-16)12-17/h13,15-17H,1-12H2. The van der Waals surface area contributed by atoms with Crippen LogP contribution >= 0.6 is 0 Å². The highest BCUT2D eigenvalue weighted by Gasteiger charge is 2.39. The number of hydrogen-bond acceptors (Lipinski definition) is 5. The molecule has 0 aromatic carbocycles. The van der Waals surface area contributed by atoms with E-state index in [1.54, 1.807) is 0 Å². The highest BCUT2D eigenvalue weighted by atomic mass is 16.5. The second-order valence-corrected chi connectivity index (χ2v) is 5.36. The Bertz CT molecular complexity index is 218. The van der Waals surface area contributed by atoms with Crippen LogP contribution in [0.2, 0.25) is 0 Å². The second kappa shape index (κ2) is 9.66. The molecule has 0 aromatic heterocycles. The minimum atomic E-state index is -0.311. The quantitative estimate of drug-likeness (QED) is 0.508. The summed E-state index contributed by atoms with van der Waals surface area (Å²) in [6, 6.07) is 0. The van der Waals surface area contributed by atoms with E-state index in [1.165, 1.54) is 6.42 Å². The van der Waals surface area contributed by atoms with Gasteiger partial charge in [-0.05, 0) is 25.2 Å². The highest BCUT2D eigenvalue weighted by molar-refractivity contribution is 4.88. The van der Waals surface area contributed by atoms with Gasteiger partial charge in [-0.2, -0.15) is 0 Å². The van der Waals surface area contributed by atoms with Gasteiger partial charge in [-0.1, -0.05) is 12.8 Å². The van der Waals surface area contributed by atoms with Crippen LogP contribution in [0.1, 0.15) is 32.1 Å². The van der Waals surface area contributed by atoms with E-state index in [1.807, 2.05) is 0 Å². The average molecular weight is 276 g/mol. The molecule has 5 nitrogen and oxygen atoms in total. The Labute approximate surface area is 115 Å². The molecule has 1 unspecified atom stereocenters. The Morgan fingerprint density at radius 1 is 0.895 bits per heavy atom. The summed E-state index contributed by atoms with van der Waals surface area (Å²) >= 11 is 0. The average Bonchev–Trinajstić information content (AvgIpc) is 2.47. The van der Waals surface area contributed by atoms with Crippen LogP contribution in [0.4, 0.5) is 0 Å². The molecule has 0 radical (unpaired) electrons. The number of aliphatic hydroxyl groups excluding tert-OH is 3. The number of hydrogen-bond donors (Lipinski definition) is 3. The number of rotatable bonds is 10. The fraction of sp³-hybridized carbons (Fsp3) is 1.00. The molecule has 0 heterocycles. The van der Waals surface area contributed by atoms with E-state index in [-0.39, 0.29) is 25.2 Å². The first-order valence-corrected chi connectivity index (χ1v) is 7.27. The zero-order chi connectivity index (χ0) is 14.0. The lowest BCUT2D eigenvalue weighted by Gasteiger charge is -2.41. The Morgan fingerprint density at radius 2 is 1.58 bits per heavy atom. The van der Waals surface area contributed by atoms with Crippen LogP contribution in [0.15, 0.2) is 0 Å². The normalized spacial score (nSPS) is 22.6. The van der Waals surface area contributed by atoms with E-state index in [0.717, 1.165) is 25.7 Å². The van der Waals surface area contributed by atoms with E-state index in [4.69, 9.17) is 14.6 Å². The van der Waals surface area contributed by atoms with Gasteiger partial charge in [-0.15, -0.1) is 0 Å². The minimum absolute atomic E-state index is 0.0393. The Kier molecular flexibility index (Phi) is 8.57. The maximum Gasteiger partial charge on any atom is 0.0701 e. The summed E-state index contributed by atoms with van der Waals surface area (Å²) < 4.78 is 10.6. The summed E-state index contributed by atoms with van der Waals surface area (Å²) in [6.45, 7) is 2.17. The van der Waals surface area contributed by atoms with Gasteiger partial charge in [-0.25, -0.2) is 0 Å². The molecule has 19 heavy (non-hydrogen) atoms. The van der Waals surface area contributed by atoms with Crippen molar-refractivity contribution in [2.24, 2.45) is 11.3 Å². The summed E-state index contributed by atoms with van der Waals surface area (Å²) in [5.41, 5.74) is -0.311. The minimum Gasteiger partial charge on any atom is -0.396 e. The van der Waals surface area contributed by atoms with Crippen molar-refractivity contribution < 1.29 is 24.8 Å². The lowest BCUT2D eigenvalue weighted by molar-refractivity contribution is -0.0407. The molecule has 1 aliphatic carbocycles. The van der Waals surface area contributed by atoms with Gasteiger partial charge >= 0.3 is 0 Å². The molecule has 114 valence electrons. The van der Waals surface area contributed by atoms with E-state index < -0.39 is 0 Å². The first-order chi connectivity index (χ1) is 9.29. The van der Waals surface area contributed by atoms with Crippen LogP contribution in [-0.2, 0) is 9.47 Å². The predicted octanol–water partition coefficient (Wildman–Crippen LogP) is 0.563. The van der Waals surface area contributed by atoms with Gasteiger partial charge in [0, 0.05) is 12.0 Å². The van der Waals surface area contributed by atoms with Gasteiger partial charge in [0.05, 0.1) is 39.6 Å². The summed E-state index contributed by atoms with van der Waals surface area (Å²) in [6.07, 6.45) is 5.11. The van der Waals surface area contributed by atoms with E-state index in [0.29, 0.717) is 32.3 Å². The van der Waals surface area contributed by atoms with Gasteiger partial charge < -0.3 is 24.8 Å². The summed E-state index contributed by atoms with van der Waals surface area (Å²) in [5.74, 6) is 0.342. The van der Waals surface area contributed by atoms with Crippen molar-refractivity contribution in [3.05, 3.63) is 0 Å². The first-order valence-electron chi connectivity index (χ1n) is 7.27. The molecule has 1 atom stereocenters.